The monoisotopic (exact) mass is 158 g/mol. The molecule has 1 fully saturated rings. The largest absolute Gasteiger partial charge is 0.436 e. The van der Waals surface area contributed by atoms with Crippen molar-refractivity contribution in [1.82, 2.24) is 0 Å². The van der Waals surface area contributed by atoms with Crippen molar-refractivity contribution >= 4 is 5.97 Å². The van der Waals surface area contributed by atoms with Gasteiger partial charge >= 0.3 is 5.97 Å². The third kappa shape index (κ3) is 1.13. The Balaban J connectivity index is 2.90. The van der Waals surface area contributed by atoms with Crippen LogP contribution >= 0.6 is 0 Å². The van der Waals surface area contributed by atoms with Gasteiger partial charge in [-0.1, -0.05) is 20.8 Å². The summed E-state index contributed by atoms with van der Waals surface area (Å²) in [4.78, 5) is 11.2. The Bertz CT molecular complexity index is 180. The van der Waals surface area contributed by atoms with Crippen LogP contribution in [0.5, 0.6) is 0 Å². The Labute approximate surface area is 66.7 Å². The van der Waals surface area contributed by atoms with Crippen molar-refractivity contribution in [2.75, 3.05) is 6.79 Å². The molecule has 64 valence electrons. The topological polar surface area (TPSA) is 35.5 Å². The maximum absolute atomic E-state index is 11.2. The zero-order valence-corrected chi connectivity index (χ0v) is 7.43. The van der Waals surface area contributed by atoms with Crippen LogP contribution in [0.15, 0.2) is 0 Å². The summed E-state index contributed by atoms with van der Waals surface area (Å²) in [5, 5.41) is 0. The summed E-state index contributed by atoms with van der Waals surface area (Å²) in [6, 6.07) is 0. The summed E-state index contributed by atoms with van der Waals surface area (Å²) in [6.07, 6.45) is 0. The van der Waals surface area contributed by atoms with Crippen LogP contribution < -0.4 is 0 Å². The van der Waals surface area contributed by atoms with Gasteiger partial charge in [0.05, 0.1) is 0 Å². The lowest BCUT2D eigenvalue weighted by molar-refractivity contribution is -0.149. The Kier molecular flexibility index (Phi) is 1.71. The molecule has 0 spiro atoms. The third-order valence-corrected chi connectivity index (χ3v) is 2.36. The van der Waals surface area contributed by atoms with E-state index in [4.69, 9.17) is 9.47 Å². The maximum atomic E-state index is 11.2. The summed E-state index contributed by atoms with van der Waals surface area (Å²) in [6.45, 7) is 7.73. The maximum Gasteiger partial charge on any atom is 0.340 e. The molecule has 0 aromatic rings. The summed E-state index contributed by atoms with van der Waals surface area (Å²) in [5.41, 5.74) is -0.979. The molecule has 1 rings (SSSR count). The quantitative estimate of drug-likeness (QED) is 0.499. The zero-order chi connectivity index (χ0) is 8.70. The average Bonchev–Trinajstić information content (AvgIpc) is 2.12. The molecule has 0 saturated carbocycles. The summed E-state index contributed by atoms with van der Waals surface area (Å²) in [5.74, 6) is -0.259. The van der Waals surface area contributed by atoms with Crippen molar-refractivity contribution in [3.8, 4) is 0 Å². The number of carbonyl (C=O) groups is 1. The number of carbonyl (C=O) groups excluding carboxylic acids is 1. The first kappa shape index (κ1) is 8.53. The molecule has 0 aliphatic carbocycles. The molecule has 1 unspecified atom stereocenters. The van der Waals surface area contributed by atoms with E-state index >= 15 is 0 Å². The predicted octanol–water partition coefficient (Wildman–Crippen LogP) is 1.32. The van der Waals surface area contributed by atoms with Crippen LogP contribution in [0.25, 0.3) is 0 Å². The standard InChI is InChI=1S/C8H14O3/c1-7(2,3)8(4)6(9)10-5-11-8/h5H2,1-4H3. The van der Waals surface area contributed by atoms with E-state index in [1.54, 1.807) is 6.92 Å². The second-order valence-corrected chi connectivity index (χ2v) is 3.98. The zero-order valence-electron chi connectivity index (χ0n) is 7.43. The molecule has 1 aliphatic heterocycles. The minimum Gasteiger partial charge on any atom is -0.436 e. The van der Waals surface area contributed by atoms with Crippen LogP contribution in [0.4, 0.5) is 0 Å². The lowest BCUT2D eigenvalue weighted by atomic mass is 9.78. The predicted molar refractivity (Wildman–Crippen MR) is 39.9 cm³/mol. The third-order valence-electron chi connectivity index (χ3n) is 2.36. The van der Waals surface area contributed by atoms with Crippen molar-refractivity contribution < 1.29 is 14.3 Å². The van der Waals surface area contributed by atoms with Gasteiger partial charge in [-0.05, 0) is 6.92 Å². The van der Waals surface area contributed by atoms with Crippen LogP contribution in [-0.2, 0) is 14.3 Å². The fourth-order valence-electron chi connectivity index (χ4n) is 0.920. The van der Waals surface area contributed by atoms with Gasteiger partial charge in [0.15, 0.2) is 12.4 Å². The van der Waals surface area contributed by atoms with E-state index in [0.717, 1.165) is 0 Å². The molecule has 11 heavy (non-hydrogen) atoms. The first-order chi connectivity index (χ1) is 4.88. The van der Waals surface area contributed by atoms with Crippen LogP contribution in [-0.4, -0.2) is 18.4 Å². The van der Waals surface area contributed by atoms with Crippen molar-refractivity contribution in [3.63, 3.8) is 0 Å². The lowest BCUT2D eigenvalue weighted by Crippen LogP contribution is -2.45. The van der Waals surface area contributed by atoms with Crippen LogP contribution in [0.3, 0.4) is 0 Å². The molecule has 0 bridgehead atoms. The Morgan fingerprint density at radius 1 is 1.45 bits per heavy atom. The minimum atomic E-state index is -0.771. The number of rotatable bonds is 0. The first-order valence-electron chi connectivity index (χ1n) is 3.69. The van der Waals surface area contributed by atoms with Gasteiger partial charge in [-0.15, -0.1) is 0 Å². The summed E-state index contributed by atoms with van der Waals surface area (Å²) < 4.78 is 9.98. The molecule has 0 aromatic heterocycles. The molecule has 0 amide bonds. The van der Waals surface area contributed by atoms with E-state index in [9.17, 15) is 4.79 Å². The second kappa shape index (κ2) is 2.21. The van der Waals surface area contributed by atoms with Gasteiger partial charge in [0, 0.05) is 5.41 Å². The molecule has 1 saturated heterocycles. The van der Waals surface area contributed by atoms with E-state index in [1.165, 1.54) is 0 Å². The van der Waals surface area contributed by atoms with Crippen molar-refractivity contribution in [2.45, 2.75) is 33.3 Å². The molecule has 1 atom stereocenters. The molecule has 0 radical (unpaired) electrons. The molecule has 1 heterocycles. The smallest absolute Gasteiger partial charge is 0.340 e. The second-order valence-electron chi connectivity index (χ2n) is 3.98. The van der Waals surface area contributed by atoms with Gasteiger partial charge in [0.2, 0.25) is 0 Å². The molecular weight excluding hydrogens is 144 g/mol. The number of hydrogen-bond donors (Lipinski definition) is 0. The van der Waals surface area contributed by atoms with E-state index in [0.29, 0.717) is 0 Å². The van der Waals surface area contributed by atoms with Crippen LogP contribution in [0.1, 0.15) is 27.7 Å². The number of esters is 1. The summed E-state index contributed by atoms with van der Waals surface area (Å²) in [7, 11) is 0. The Morgan fingerprint density at radius 2 is 2.00 bits per heavy atom. The molecule has 1 aliphatic rings. The minimum absolute atomic E-state index is 0.0899. The molecule has 3 heteroatoms. The Hall–Kier alpha value is -0.570. The number of hydrogen-bond acceptors (Lipinski definition) is 3. The fraction of sp³-hybridized carbons (Fsp3) is 0.875. The van der Waals surface area contributed by atoms with Gasteiger partial charge in [-0.25, -0.2) is 4.79 Å². The normalized spacial score (nSPS) is 32.2. The highest BCUT2D eigenvalue weighted by Crippen LogP contribution is 2.37. The van der Waals surface area contributed by atoms with E-state index in [1.807, 2.05) is 20.8 Å². The van der Waals surface area contributed by atoms with Gasteiger partial charge in [-0.3, -0.25) is 0 Å². The van der Waals surface area contributed by atoms with Gasteiger partial charge in [0.25, 0.3) is 0 Å². The molecule has 0 aromatic carbocycles. The SMILES string of the molecule is CC(C)(C)C1(C)OCOC1=O. The highest BCUT2D eigenvalue weighted by molar-refractivity contribution is 5.81. The van der Waals surface area contributed by atoms with Crippen LogP contribution in [0.2, 0.25) is 0 Å². The van der Waals surface area contributed by atoms with E-state index < -0.39 is 5.60 Å². The summed E-state index contributed by atoms with van der Waals surface area (Å²) >= 11 is 0. The lowest BCUT2D eigenvalue weighted by Gasteiger charge is -2.32. The Morgan fingerprint density at radius 3 is 2.18 bits per heavy atom. The number of ether oxygens (including phenoxy) is 2. The van der Waals surface area contributed by atoms with Crippen molar-refractivity contribution in [1.29, 1.82) is 0 Å². The van der Waals surface area contributed by atoms with Crippen molar-refractivity contribution in [3.05, 3.63) is 0 Å². The highest BCUT2D eigenvalue weighted by atomic mass is 16.7. The van der Waals surface area contributed by atoms with Gasteiger partial charge in [0.1, 0.15) is 0 Å². The van der Waals surface area contributed by atoms with E-state index in [2.05, 4.69) is 0 Å². The van der Waals surface area contributed by atoms with Crippen molar-refractivity contribution in [2.24, 2.45) is 5.41 Å². The van der Waals surface area contributed by atoms with Gasteiger partial charge in [-0.2, -0.15) is 0 Å². The fourth-order valence-corrected chi connectivity index (χ4v) is 0.920. The molecular formula is C8H14O3. The number of cyclic esters (lactones) is 1. The molecule has 0 N–H and O–H groups in total. The van der Waals surface area contributed by atoms with E-state index in [-0.39, 0.29) is 18.2 Å². The molecule has 3 nitrogen and oxygen atoms in total. The first-order valence-corrected chi connectivity index (χ1v) is 3.69. The highest BCUT2D eigenvalue weighted by Gasteiger charge is 2.50. The van der Waals surface area contributed by atoms with Gasteiger partial charge < -0.3 is 9.47 Å². The van der Waals surface area contributed by atoms with Crippen LogP contribution in [0, 0.1) is 5.41 Å². The average molecular weight is 158 g/mol.